The van der Waals surface area contributed by atoms with Crippen molar-refractivity contribution in [3.8, 4) is 17.2 Å². The number of piperidine rings is 1. The lowest BCUT2D eigenvalue weighted by atomic mass is 9.96. The van der Waals surface area contributed by atoms with E-state index in [9.17, 15) is 9.59 Å². The number of hydrogen-bond donors (Lipinski definition) is 2. The van der Waals surface area contributed by atoms with Gasteiger partial charge in [-0.2, -0.15) is 0 Å². The second kappa shape index (κ2) is 12.3. The van der Waals surface area contributed by atoms with Crippen molar-refractivity contribution in [2.24, 2.45) is 5.92 Å². The van der Waals surface area contributed by atoms with E-state index in [4.69, 9.17) is 14.2 Å². The molecule has 0 aliphatic carbocycles. The van der Waals surface area contributed by atoms with Crippen molar-refractivity contribution in [3.63, 3.8) is 0 Å². The van der Waals surface area contributed by atoms with Gasteiger partial charge in [-0.25, -0.2) is 0 Å². The molecule has 0 bridgehead atoms. The average molecular weight is 422 g/mol. The van der Waals surface area contributed by atoms with Crippen LogP contribution in [0.1, 0.15) is 39.0 Å². The van der Waals surface area contributed by atoms with Crippen molar-refractivity contribution in [1.82, 2.24) is 10.2 Å². The number of rotatable bonds is 11. The maximum atomic E-state index is 12.5. The molecule has 0 atom stereocenters. The fourth-order valence-electron chi connectivity index (χ4n) is 3.64. The van der Waals surface area contributed by atoms with Crippen molar-refractivity contribution >= 4 is 17.5 Å². The van der Waals surface area contributed by atoms with E-state index in [-0.39, 0.29) is 24.3 Å². The molecule has 2 N–H and O–H groups in total. The predicted molar refractivity (Wildman–Crippen MR) is 116 cm³/mol. The van der Waals surface area contributed by atoms with Crippen LogP contribution in [-0.2, 0) is 9.59 Å². The van der Waals surface area contributed by atoms with E-state index >= 15 is 0 Å². The zero-order valence-corrected chi connectivity index (χ0v) is 18.6. The molecule has 8 nitrogen and oxygen atoms in total. The fourth-order valence-corrected chi connectivity index (χ4v) is 3.64. The third-order valence-corrected chi connectivity index (χ3v) is 5.35. The van der Waals surface area contributed by atoms with Crippen LogP contribution in [0.25, 0.3) is 0 Å². The van der Waals surface area contributed by atoms with Gasteiger partial charge < -0.3 is 24.8 Å². The van der Waals surface area contributed by atoms with Crippen molar-refractivity contribution < 1.29 is 23.8 Å². The van der Waals surface area contributed by atoms with Gasteiger partial charge in [0.15, 0.2) is 11.5 Å². The standard InChI is InChI=1S/C22H35N3O5/c1-5-6-7-10-23-22(27)16-8-11-25(12-9-16)15-20(26)24-17-13-18(28-2)21(30-4)19(14-17)29-3/h13-14,16H,5-12,15H2,1-4H3,(H,23,27)(H,24,26). The van der Waals surface area contributed by atoms with Crippen molar-refractivity contribution in [2.45, 2.75) is 39.0 Å². The minimum atomic E-state index is -0.119. The van der Waals surface area contributed by atoms with Gasteiger partial charge in [-0.3, -0.25) is 14.5 Å². The van der Waals surface area contributed by atoms with Crippen LogP contribution in [0.2, 0.25) is 0 Å². The highest BCUT2D eigenvalue weighted by Gasteiger charge is 2.25. The lowest BCUT2D eigenvalue weighted by Gasteiger charge is -2.30. The first-order valence-electron chi connectivity index (χ1n) is 10.6. The first-order chi connectivity index (χ1) is 14.5. The van der Waals surface area contributed by atoms with Gasteiger partial charge >= 0.3 is 0 Å². The van der Waals surface area contributed by atoms with E-state index < -0.39 is 0 Å². The zero-order chi connectivity index (χ0) is 21.9. The van der Waals surface area contributed by atoms with E-state index in [0.717, 1.165) is 51.7 Å². The van der Waals surface area contributed by atoms with Gasteiger partial charge in [0, 0.05) is 30.3 Å². The summed E-state index contributed by atoms with van der Waals surface area (Å²) in [6.45, 7) is 4.65. The maximum absolute atomic E-state index is 12.5. The number of hydrogen-bond acceptors (Lipinski definition) is 6. The Morgan fingerprint density at radius 2 is 1.67 bits per heavy atom. The summed E-state index contributed by atoms with van der Waals surface area (Å²) in [5, 5.41) is 5.92. The second-order valence-electron chi connectivity index (χ2n) is 7.51. The molecule has 0 aromatic heterocycles. The Kier molecular flexibility index (Phi) is 9.73. The summed E-state index contributed by atoms with van der Waals surface area (Å²) < 4.78 is 15.9. The molecule has 0 spiro atoms. The summed E-state index contributed by atoms with van der Waals surface area (Å²) in [6, 6.07) is 3.41. The molecule has 1 aromatic rings. The third-order valence-electron chi connectivity index (χ3n) is 5.35. The zero-order valence-electron chi connectivity index (χ0n) is 18.6. The molecule has 168 valence electrons. The normalized spacial score (nSPS) is 14.8. The maximum Gasteiger partial charge on any atom is 0.238 e. The van der Waals surface area contributed by atoms with Crippen molar-refractivity contribution in [2.75, 3.05) is 52.8 Å². The SMILES string of the molecule is CCCCCNC(=O)C1CCN(CC(=O)Nc2cc(OC)c(OC)c(OC)c2)CC1. The highest BCUT2D eigenvalue weighted by Crippen LogP contribution is 2.39. The number of methoxy groups -OCH3 is 3. The van der Waals surface area contributed by atoms with Gasteiger partial charge in [0.25, 0.3) is 0 Å². The Morgan fingerprint density at radius 1 is 1.03 bits per heavy atom. The highest BCUT2D eigenvalue weighted by molar-refractivity contribution is 5.93. The Balaban J connectivity index is 1.82. The molecule has 1 fully saturated rings. The Hall–Kier alpha value is -2.48. The van der Waals surface area contributed by atoms with Gasteiger partial charge in [-0.15, -0.1) is 0 Å². The van der Waals surface area contributed by atoms with Crippen LogP contribution in [0.5, 0.6) is 17.2 Å². The molecule has 2 amide bonds. The van der Waals surface area contributed by atoms with E-state index in [2.05, 4.69) is 22.5 Å². The van der Waals surface area contributed by atoms with E-state index in [1.165, 1.54) is 21.3 Å². The lowest BCUT2D eigenvalue weighted by Crippen LogP contribution is -2.43. The number of likely N-dealkylation sites (tertiary alicyclic amines) is 1. The van der Waals surface area contributed by atoms with Gasteiger partial charge in [-0.05, 0) is 32.4 Å². The number of unbranched alkanes of at least 4 members (excludes halogenated alkanes) is 2. The first kappa shape index (κ1) is 23.8. The second-order valence-corrected chi connectivity index (χ2v) is 7.51. The summed E-state index contributed by atoms with van der Waals surface area (Å²) in [5.41, 5.74) is 0.579. The topological polar surface area (TPSA) is 89.1 Å². The van der Waals surface area contributed by atoms with Crippen LogP contribution < -0.4 is 24.8 Å². The van der Waals surface area contributed by atoms with E-state index in [1.54, 1.807) is 12.1 Å². The minimum absolute atomic E-state index is 0.0426. The van der Waals surface area contributed by atoms with Crippen LogP contribution in [-0.4, -0.2) is 64.2 Å². The molecular weight excluding hydrogens is 386 g/mol. The van der Waals surface area contributed by atoms with Gasteiger partial charge in [0.2, 0.25) is 17.6 Å². The summed E-state index contributed by atoms with van der Waals surface area (Å²) in [7, 11) is 4.60. The Bertz CT molecular complexity index is 677. The monoisotopic (exact) mass is 421 g/mol. The molecule has 1 aromatic carbocycles. The Morgan fingerprint density at radius 3 is 2.20 bits per heavy atom. The molecule has 1 saturated heterocycles. The van der Waals surface area contributed by atoms with E-state index in [1.807, 2.05) is 0 Å². The van der Waals surface area contributed by atoms with Crippen LogP contribution >= 0.6 is 0 Å². The number of nitrogens with zero attached hydrogens (tertiary/aromatic N) is 1. The summed E-state index contributed by atoms with van der Waals surface area (Å²) in [5.74, 6) is 1.52. The first-order valence-corrected chi connectivity index (χ1v) is 10.6. The molecular formula is C22H35N3O5. The number of ether oxygens (including phenoxy) is 3. The van der Waals surface area contributed by atoms with Gasteiger partial charge in [0.1, 0.15) is 0 Å². The van der Waals surface area contributed by atoms with Crippen molar-refractivity contribution in [1.29, 1.82) is 0 Å². The molecule has 0 radical (unpaired) electrons. The fraction of sp³-hybridized carbons (Fsp3) is 0.636. The van der Waals surface area contributed by atoms with Gasteiger partial charge in [0.05, 0.1) is 27.9 Å². The number of nitrogens with one attached hydrogen (secondary N) is 2. The number of amides is 2. The molecule has 1 aliphatic rings. The lowest BCUT2D eigenvalue weighted by molar-refractivity contribution is -0.126. The average Bonchev–Trinajstić information content (AvgIpc) is 2.76. The number of anilines is 1. The molecule has 1 aliphatic heterocycles. The quantitative estimate of drug-likeness (QED) is 0.534. The van der Waals surface area contributed by atoms with Gasteiger partial charge in [-0.1, -0.05) is 19.8 Å². The highest BCUT2D eigenvalue weighted by atomic mass is 16.5. The van der Waals surface area contributed by atoms with Crippen LogP contribution in [0.4, 0.5) is 5.69 Å². The molecule has 30 heavy (non-hydrogen) atoms. The molecule has 1 heterocycles. The third kappa shape index (κ3) is 6.79. The predicted octanol–water partition coefficient (Wildman–Crippen LogP) is 2.67. The molecule has 8 heteroatoms. The van der Waals surface area contributed by atoms with Crippen LogP contribution in [0.15, 0.2) is 12.1 Å². The number of benzene rings is 1. The van der Waals surface area contributed by atoms with Crippen molar-refractivity contribution in [3.05, 3.63) is 12.1 Å². The van der Waals surface area contributed by atoms with Crippen LogP contribution in [0.3, 0.4) is 0 Å². The largest absolute Gasteiger partial charge is 0.493 e. The summed E-state index contributed by atoms with van der Waals surface area (Å²) in [4.78, 5) is 26.8. The van der Waals surface area contributed by atoms with E-state index in [0.29, 0.717) is 22.9 Å². The number of carbonyl (C=O) groups is 2. The molecule has 0 unspecified atom stereocenters. The molecule has 2 rings (SSSR count). The number of carbonyl (C=O) groups excluding carboxylic acids is 2. The summed E-state index contributed by atoms with van der Waals surface area (Å²) >= 11 is 0. The molecule has 0 saturated carbocycles. The Labute approximate surface area is 179 Å². The van der Waals surface area contributed by atoms with Crippen LogP contribution in [0, 0.1) is 5.92 Å². The minimum Gasteiger partial charge on any atom is -0.493 e. The smallest absolute Gasteiger partial charge is 0.238 e. The summed E-state index contributed by atoms with van der Waals surface area (Å²) in [6.07, 6.45) is 4.86.